The number of nitrogens with zero attached hydrogens (tertiary/aromatic N) is 1. The van der Waals surface area contributed by atoms with Crippen molar-refractivity contribution in [3.63, 3.8) is 0 Å². The van der Waals surface area contributed by atoms with Gasteiger partial charge in [0.15, 0.2) is 0 Å². The molecule has 3 aromatic rings. The first-order valence-corrected chi connectivity index (χ1v) is 12.0. The zero-order valence-corrected chi connectivity index (χ0v) is 19.3. The van der Waals surface area contributed by atoms with Gasteiger partial charge < -0.3 is 15.3 Å². The molecule has 0 amide bonds. The van der Waals surface area contributed by atoms with E-state index in [9.17, 15) is 20.1 Å². The molecule has 0 radical (unpaired) electrons. The molecule has 2 heterocycles. The van der Waals surface area contributed by atoms with Crippen molar-refractivity contribution in [3.05, 3.63) is 108 Å². The van der Waals surface area contributed by atoms with Crippen LogP contribution in [0, 0.1) is 0 Å². The van der Waals surface area contributed by atoms with E-state index in [0.29, 0.717) is 23.2 Å². The SMILES string of the molecule is O=C(O)C(O)(c1ccccc1)c1ccccc1.OC1CC2CCCC(C1)N2Cc1ccccc1. The van der Waals surface area contributed by atoms with Crippen LogP contribution >= 0.6 is 0 Å². The van der Waals surface area contributed by atoms with Gasteiger partial charge in [0, 0.05) is 18.6 Å². The normalized spacial score (nSPS) is 22.4. The third kappa shape index (κ3) is 5.39. The predicted octanol–water partition coefficient (Wildman–Crippen LogP) is 4.57. The van der Waals surface area contributed by atoms with Gasteiger partial charge in [0.05, 0.1) is 6.10 Å². The number of aliphatic hydroxyl groups is 2. The number of carbonyl (C=O) groups is 1. The zero-order chi connectivity index (χ0) is 24.0. The van der Waals surface area contributed by atoms with Gasteiger partial charge in [-0.25, -0.2) is 4.79 Å². The minimum atomic E-state index is -2.00. The van der Waals surface area contributed by atoms with Crippen LogP contribution in [0.5, 0.6) is 0 Å². The molecule has 2 fully saturated rings. The second-order valence-corrected chi connectivity index (χ2v) is 9.27. The minimum absolute atomic E-state index is 0.0580. The summed E-state index contributed by atoms with van der Waals surface area (Å²) in [5, 5.41) is 29.6. The lowest BCUT2D eigenvalue weighted by Gasteiger charge is -2.47. The highest BCUT2D eigenvalue weighted by molar-refractivity contribution is 5.83. The largest absolute Gasteiger partial charge is 0.479 e. The fourth-order valence-electron chi connectivity index (χ4n) is 5.27. The maximum absolute atomic E-state index is 11.4. The van der Waals surface area contributed by atoms with Crippen LogP contribution in [0.15, 0.2) is 91.0 Å². The Morgan fingerprint density at radius 2 is 1.24 bits per heavy atom. The lowest BCUT2D eigenvalue weighted by atomic mass is 9.82. The summed E-state index contributed by atoms with van der Waals surface area (Å²) in [4.78, 5) is 14.0. The number of fused-ring (bicyclic) bond motifs is 2. The number of piperidine rings is 2. The third-order valence-electron chi connectivity index (χ3n) is 7.00. The van der Waals surface area contributed by atoms with Crippen molar-refractivity contribution in [1.29, 1.82) is 0 Å². The highest BCUT2D eigenvalue weighted by Gasteiger charge is 2.40. The van der Waals surface area contributed by atoms with Crippen LogP contribution in [0.4, 0.5) is 0 Å². The number of aliphatic hydroxyl groups excluding tert-OH is 1. The lowest BCUT2D eigenvalue weighted by Crippen LogP contribution is -2.52. The molecular formula is C29H33NO4. The molecule has 0 aliphatic carbocycles. The number of aliphatic carboxylic acids is 1. The second kappa shape index (κ2) is 11.0. The first-order chi connectivity index (χ1) is 16.5. The van der Waals surface area contributed by atoms with Gasteiger partial charge in [-0.05, 0) is 42.4 Å². The molecule has 2 atom stereocenters. The van der Waals surface area contributed by atoms with E-state index in [-0.39, 0.29) is 6.10 Å². The number of carboxylic acid groups (broad SMARTS) is 1. The first-order valence-electron chi connectivity index (χ1n) is 12.0. The molecule has 5 heteroatoms. The molecule has 2 aliphatic heterocycles. The van der Waals surface area contributed by atoms with E-state index >= 15 is 0 Å². The number of carboxylic acids is 1. The van der Waals surface area contributed by atoms with Crippen molar-refractivity contribution in [2.45, 2.75) is 62.4 Å². The van der Waals surface area contributed by atoms with Crippen LogP contribution in [0.25, 0.3) is 0 Å². The Bertz CT molecular complexity index is 988. The maximum atomic E-state index is 11.4. The minimum Gasteiger partial charge on any atom is -0.479 e. The van der Waals surface area contributed by atoms with Crippen LogP contribution < -0.4 is 0 Å². The van der Waals surface area contributed by atoms with E-state index in [0.717, 1.165) is 19.4 Å². The van der Waals surface area contributed by atoms with Gasteiger partial charge in [0.25, 0.3) is 0 Å². The Hall–Kier alpha value is -2.99. The summed E-state index contributed by atoms with van der Waals surface area (Å²) >= 11 is 0. The van der Waals surface area contributed by atoms with Crippen molar-refractivity contribution in [2.24, 2.45) is 0 Å². The Morgan fingerprint density at radius 1 is 0.794 bits per heavy atom. The van der Waals surface area contributed by atoms with Gasteiger partial charge >= 0.3 is 5.97 Å². The van der Waals surface area contributed by atoms with Crippen LogP contribution in [0.1, 0.15) is 48.8 Å². The van der Waals surface area contributed by atoms with Crippen molar-refractivity contribution < 1.29 is 20.1 Å². The fraction of sp³-hybridized carbons (Fsp3) is 0.345. The van der Waals surface area contributed by atoms with Crippen molar-refractivity contribution in [3.8, 4) is 0 Å². The van der Waals surface area contributed by atoms with E-state index in [4.69, 9.17) is 0 Å². The summed E-state index contributed by atoms with van der Waals surface area (Å²) in [6.07, 6.45) is 5.76. The Labute approximate surface area is 201 Å². The van der Waals surface area contributed by atoms with Crippen LogP contribution in [-0.4, -0.2) is 44.4 Å². The molecule has 0 aromatic heterocycles. The van der Waals surface area contributed by atoms with Crippen molar-refractivity contribution in [2.75, 3.05) is 0 Å². The number of hydrogen-bond acceptors (Lipinski definition) is 4. The van der Waals surface area contributed by atoms with Crippen LogP contribution in [0.2, 0.25) is 0 Å². The summed E-state index contributed by atoms with van der Waals surface area (Å²) in [5.74, 6) is -1.28. The van der Waals surface area contributed by atoms with E-state index in [2.05, 4.69) is 35.2 Å². The number of rotatable bonds is 5. The van der Waals surface area contributed by atoms with E-state index in [1.165, 1.54) is 24.8 Å². The highest BCUT2D eigenvalue weighted by Crippen LogP contribution is 2.35. The van der Waals surface area contributed by atoms with E-state index in [1.54, 1.807) is 60.7 Å². The smallest absolute Gasteiger partial charge is 0.345 e. The van der Waals surface area contributed by atoms with Gasteiger partial charge in [-0.3, -0.25) is 4.90 Å². The Kier molecular flexibility index (Phi) is 7.78. The molecule has 3 N–H and O–H groups in total. The average Bonchev–Trinajstić information content (AvgIpc) is 2.86. The molecule has 5 nitrogen and oxygen atoms in total. The first kappa shape index (κ1) is 24.1. The summed E-state index contributed by atoms with van der Waals surface area (Å²) < 4.78 is 0. The molecule has 0 spiro atoms. The molecule has 2 unspecified atom stereocenters. The standard InChI is InChI=1S/C15H21NO.C14H12O3/c17-15-9-13-7-4-8-14(10-15)16(13)11-12-5-2-1-3-6-12;15-13(16)14(17,11-7-3-1-4-8-11)12-9-5-2-6-10-12/h1-3,5-6,13-15,17H,4,7-11H2;1-10,17H,(H,15,16). The van der Waals surface area contributed by atoms with Gasteiger partial charge in [0.2, 0.25) is 5.60 Å². The Morgan fingerprint density at radius 3 is 1.68 bits per heavy atom. The molecule has 5 rings (SSSR count). The van der Waals surface area contributed by atoms with E-state index in [1.807, 2.05) is 0 Å². The van der Waals surface area contributed by atoms with Crippen molar-refractivity contribution in [1.82, 2.24) is 4.90 Å². The van der Waals surface area contributed by atoms with E-state index < -0.39 is 11.6 Å². The molecule has 3 aromatic carbocycles. The number of benzene rings is 3. The van der Waals surface area contributed by atoms with Crippen molar-refractivity contribution >= 4 is 5.97 Å². The zero-order valence-electron chi connectivity index (χ0n) is 19.3. The molecule has 178 valence electrons. The van der Waals surface area contributed by atoms with Crippen LogP contribution in [-0.2, 0) is 16.9 Å². The second-order valence-electron chi connectivity index (χ2n) is 9.27. The van der Waals surface area contributed by atoms with Crippen LogP contribution in [0.3, 0.4) is 0 Å². The van der Waals surface area contributed by atoms with Gasteiger partial charge in [-0.2, -0.15) is 0 Å². The summed E-state index contributed by atoms with van der Waals surface area (Å²) in [6.45, 7) is 1.06. The number of hydrogen-bond donors (Lipinski definition) is 3. The summed E-state index contributed by atoms with van der Waals surface area (Å²) in [5.41, 5.74) is 0.0980. The third-order valence-corrected chi connectivity index (χ3v) is 7.00. The molecule has 0 saturated carbocycles. The average molecular weight is 460 g/mol. The fourth-order valence-corrected chi connectivity index (χ4v) is 5.27. The molecule has 2 bridgehead atoms. The summed E-state index contributed by atoms with van der Waals surface area (Å²) in [7, 11) is 0. The van der Waals surface area contributed by atoms with Gasteiger partial charge in [-0.15, -0.1) is 0 Å². The molecule has 2 aliphatic rings. The quantitative estimate of drug-likeness (QED) is 0.521. The molecular weight excluding hydrogens is 426 g/mol. The molecule has 34 heavy (non-hydrogen) atoms. The monoisotopic (exact) mass is 459 g/mol. The van der Waals surface area contributed by atoms with Gasteiger partial charge in [-0.1, -0.05) is 97.4 Å². The predicted molar refractivity (Wildman–Crippen MR) is 132 cm³/mol. The molecule has 2 saturated heterocycles. The lowest BCUT2D eigenvalue weighted by molar-refractivity contribution is -0.155. The topological polar surface area (TPSA) is 81.0 Å². The summed E-state index contributed by atoms with van der Waals surface area (Å²) in [6, 6.07) is 28.7. The maximum Gasteiger partial charge on any atom is 0.345 e. The van der Waals surface area contributed by atoms with Gasteiger partial charge in [0.1, 0.15) is 0 Å². The Balaban J connectivity index is 0.000000161. The highest BCUT2D eigenvalue weighted by atomic mass is 16.4.